The zero-order valence-corrected chi connectivity index (χ0v) is 8.32. The first kappa shape index (κ1) is 9.69. The van der Waals surface area contributed by atoms with Gasteiger partial charge in [0, 0.05) is 12.5 Å². The second-order valence-electron chi connectivity index (χ2n) is 3.73. The van der Waals surface area contributed by atoms with Gasteiger partial charge in [0.25, 0.3) is 0 Å². The summed E-state index contributed by atoms with van der Waals surface area (Å²) in [5.74, 6) is 0.741. The molecule has 1 saturated heterocycles. The Bertz CT molecular complexity index is 254. The highest BCUT2D eigenvalue weighted by Gasteiger charge is 2.17. The van der Waals surface area contributed by atoms with Gasteiger partial charge in [-0.1, -0.05) is 30.3 Å². The van der Waals surface area contributed by atoms with Crippen LogP contribution in [0.1, 0.15) is 12.0 Å². The van der Waals surface area contributed by atoms with Gasteiger partial charge in [0.2, 0.25) is 0 Å². The molecular weight excluding hydrogens is 176 g/mol. The second-order valence-corrected chi connectivity index (χ2v) is 3.73. The molecule has 0 radical (unpaired) electrons. The Morgan fingerprint density at radius 2 is 2.00 bits per heavy atom. The van der Waals surface area contributed by atoms with E-state index in [1.54, 1.807) is 0 Å². The molecule has 0 aliphatic carbocycles. The predicted octanol–water partition coefficient (Wildman–Crippen LogP) is 2.24. The molecule has 14 heavy (non-hydrogen) atoms. The third-order valence-corrected chi connectivity index (χ3v) is 2.49. The Kier molecular flexibility index (Phi) is 3.55. The molecule has 0 unspecified atom stereocenters. The van der Waals surface area contributed by atoms with Crippen molar-refractivity contribution in [2.75, 3.05) is 19.8 Å². The maximum absolute atomic E-state index is 5.57. The molecule has 2 nitrogen and oxygen atoms in total. The van der Waals surface area contributed by atoms with Gasteiger partial charge < -0.3 is 9.47 Å². The van der Waals surface area contributed by atoms with Crippen molar-refractivity contribution in [1.29, 1.82) is 0 Å². The van der Waals surface area contributed by atoms with Gasteiger partial charge in [-0.3, -0.25) is 0 Å². The van der Waals surface area contributed by atoms with Gasteiger partial charge in [-0.2, -0.15) is 0 Å². The first-order valence-electron chi connectivity index (χ1n) is 5.14. The van der Waals surface area contributed by atoms with Crippen LogP contribution in [0.15, 0.2) is 30.3 Å². The van der Waals surface area contributed by atoms with Crippen molar-refractivity contribution >= 4 is 0 Å². The first-order chi connectivity index (χ1) is 6.95. The van der Waals surface area contributed by atoms with Gasteiger partial charge in [-0.15, -0.1) is 0 Å². The van der Waals surface area contributed by atoms with Crippen LogP contribution in [-0.4, -0.2) is 19.8 Å². The molecule has 0 N–H and O–H groups in total. The van der Waals surface area contributed by atoms with E-state index in [0.717, 1.165) is 38.8 Å². The van der Waals surface area contributed by atoms with Crippen molar-refractivity contribution in [3.8, 4) is 0 Å². The van der Waals surface area contributed by atoms with E-state index in [-0.39, 0.29) is 0 Å². The van der Waals surface area contributed by atoms with E-state index in [1.165, 1.54) is 5.56 Å². The molecule has 0 aromatic heterocycles. The number of hydrogen-bond donors (Lipinski definition) is 0. The SMILES string of the molecule is c1ccc(COCCC2COC2)cc1. The highest BCUT2D eigenvalue weighted by Crippen LogP contribution is 2.14. The maximum atomic E-state index is 5.57. The monoisotopic (exact) mass is 192 g/mol. The highest BCUT2D eigenvalue weighted by atomic mass is 16.5. The maximum Gasteiger partial charge on any atom is 0.0716 e. The highest BCUT2D eigenvalue weighted by molar-refractivity contribution is 5.13. The number of ether oxygens (including phenoxy) is 2. The molecule has 1 fully saturated rings. The number of rotatable bonds is 5. The van der Waals surface area contributed by atoms with Crippen LogP contribution in [0.25, 0.3) is 0 Å². The van der Waals surface area contributed by atoms with Crippen LogP contribution in [0.3, 0.4) is 0 Å². The fourth-order valence-electron chi connectivity index (χ4n) is 1.47. The van der Waals surface area contributed by atoms with E-state index in [4.69, 9.17) is 9.47 Å². The molecular formula is C12H16O2. The molecule has 1 aliphatic heterocycles. The molecule has 0 spiro atoms. The van der Waals surface area contributed by atoms with Crippen LogP contribution in [0.4, 0.5) is 0 Å². The van der Waals surface area contributed by atoms with E-state index in [1.807, 2.05) is 18.2 Å². The summed E-state index contributed by atoms with van der Waals surface area (Å²) in [7, 11) is 0. The topological polar surface area (TPSA) is 18.5 Å². The van der Waals surface area contributed by atoms with Crippen molar-refractivity contribution in [2.45, 2.75) is 13.0 Å². The lowest BCUT2D eigenvalue weighted by Crippen LogP contribution is -2.28. The second kappa shape index (κ2) is 5.13. The average Bonchev–Trinajstić information content (AvgIpc) is 2.16. The minimum atomic E-state index is 0.731. The van der Waals surface area contributed by atoms with Crippen molar-refractivity contribution < 1.29 is 9.47 Å². The van der Waals surface area contributed by atoms with E-state index >= 15 is 0 Å². The molecule has 0 bridgehead atoms. The van der Waals surface area contributed by atoms with Crippen molar-refractivity contribution in [3.63, 3.8) is 0 Å². The summed E-state index contributed by atoms with van der Waals surface area (Å²) in [5.41, 5.74) is 1.25. The lowest BCUT2D eigenvalue weighted by molar-refractivity contribution is -0.0478. The van der Waals surface area contributed by atoms with E-state index in [0.29, 0.717) is 0 Å². The molecule has 76 valence electrons. The number of benzene rings is 1. The summed E-state index contributed by atoms with van der Waals surface area (Å²) in [6.07, 6.45) is 1.13. The summed E-state index contributed by atoms with van der Waals surface area (Å²) < 4.78 is 10.7. The van der Waals surface area contributed by atoms with Gasteiger partial charge in [-0.05, 0) is 12.0 Å². The average molecular weight is 192 g/mol. The standard InChI is InChI=1S/C12H16O2/c1-2-4-11(5-3-1)8-13-7-6-12-9-14-10-12/h1-5,12H,6-10H2. The normalized spacial score (nSPS) is 16.6. The largest absolute Gasteiger partial charge is 0.381 e. The van der Waals surface area contributed by atoms with Crippen LogP contribution in [0.5, 0.6) is 0 Å². The smallest absolute Gasteiger partial charge is 0.0716 e. The molecule has 1 aromatic rings. The Morgan fingerprint density at radius 3 is 2.64 bits per heavy atom. The van der Waals surface area contributed by atoms with E-state index in [2.05, 4.69) is 12.1 Å². The molecule has 0 atom stereocenters. The lowest BCUT2D eigenvalue weighted by Gasteiger charge is -2.25. The van der Waals surface area contributed by atoms with Gasteiger partial charge in [-0.25, -0.2) is 0 Å². The molecule has 1 aliphatic rings. The lowest BCUT2D eigenvalue weighted by atomic mass is 10.1. The zero-order valence-electron chi connectivity index (χ0n) is 8.32. The fraction of sp³-hybridized carbons (Fsp3) is 0.500. The summed E-state index contributed by atoms with van der Waals surface area (Å²) >= 11 is 0. The summed E-state index contributed by atoms with van der Waals surface area (Å²) in [4.78, 5) is 0. The van der Waals surface area contributed by atoms with E-state index in [9.17, 15) is 0 Å². The summed E-state index contributed by atoms with van der Waals surface area (Å²) in [6, 6.07) is 10.3. The minimum absolute atomic E-state index is 0.731. The van der Waals surface area contributed by atoms with Crippen LogP contribution >= 0.6 is 0 Å². The Labute approximate surface area is 84.8 Å². The molecule has 1 aromatic carbocycles. The summed E-state index contributed by atoms with van der Waals surface area (Å²) in [6.45, 7) is 3.43. The fourth-order valence-corrected chi connectivity index (χ4v) is 1.47. The first-order valence-corrected chi connectivity index (χ1v) is 5.14. The van der Waals surface area contributed by atoms with Gasteiger partial charge in [0.05, 0.1) is 19.8 Å². The Balaban J connectivity index is 1.58. The molecule has 0 amide bonds. The predicted molar refractivity (Wildman–Crippen MR) is 55.0 cm³/mol. The van der Waals surface area contributed by atoms with Crippen molar-refractivity contribution in [3.05, 3.63) is 35.9 Å². The van der Waals surface area contributed by atoms with Crippen LogP contribution in [-0.2, 0) is 16.1 Å². The zero-order chi connectivity index (χ0) is 9.64. The summed E-state index contributed by atoms with van der Waals surface area (Å²) in [5, 5.41) is 0. The Hall–Kier alpha value is -0.860. The third kappa shape index (κ3) is 2.82. The number of hydrogen-bond acceptors (Lipinski definition) is 2. The molecule has 2 heteroatoms. The van der Waals surface area contributed by atoms with E-state index < -0.39 is 0 Å². The van der Waals surface area contributed by atoms with Crippen LogP contribution in [0.2, 0.25) is 0 Å². The third-order valence-electron chi connectivity index (χ3n) is 2.49. The Morgan fingerprint density at radius 1 is 1.21 bits per heavy atom. The van der Waals surface area contributed by atoms with Crippen LogP contribution in [0, 0.1) is 5.92 Å². The molecule has 2 rings (SSSR count). The van der Waals surface area contributed by atoms with Crippen LogP contribution < -0.4 is 0 Å². The minimum Gasteiger partial charge on any atom is -0.381 e. The quantitative estimate of drug-likeness (QED) is 0.666. The molecule has 0 saturated carbocycles. The van der Waals surface area contributed by atoms with Gasteiger partial charge in [0.15, 0.2) is 0 Å². The van der Waals surface area contributed by atoms with Crippen molar-refractivity contribution in [2.24, 2.45) is 5.92 Å². The van der Waals surface area contributed by atoms with Gasteiger partial charge in [0.1, 0.15) is 0 Å². The van der Waals surface area contributed by atoms with Crippen molar-refractivity contribution in [1.82, 2.24) is 0 Å². The van der Waals surface area contributed by atoms with Gasteiger partial charge >= 0.3 is 0 Å². The molecule has 1 heterocycles.